The molecule has 0 radical (unpaired) electrons. The number of ether oxygens (including phenoxy) is 1. The summed E-state index contributed by atoms with van der Waals surface area (Å²) in [4.78, 5) is 2.64. The van der Waals surface area contributed by atoms with Gasteiger partial charge in [-0.25, -0.2) is 0 Å². The number of hydrogen-bond donors (Lipinski definition) is 0. The summed E-state index contributed by atoms with van der Waals surface area (Å²) in [5, 5.41) is 0. The molecule has 2 aliphatic rings. The maximum atomic E-state index is 5.39. The van der Waals surface area contributed by atoms with Gasteiger partial charge in [0, 0.05) is 19.1 Å². The maximum absolute atomic E-state index is 5.39. The van der Waals surface area contributed by atoms with Gasteiger partial charge in [-0.3, -0.25) is 4.90 Å². The highest BCUT2D eigenvalue weighted by molar-refractivity contribution is 4.84. The SMILES string of the molecule is CC(C)C1CCC(N2CCOCC2)C1. The van der Waals surface area contributed by atoms with Crippen LogP contribution in [0.2, 0.25) is 0 Å². The summed E-state index contributed by atoms with van der Waals surface area (Å²) in [6, 6.07) is 0.867. The molecule has 1 aliphatic carbocycles. The van der Waals surface area contributed by atoms with Crippen molar-refractivity contribution >= 4 is 0 Å². The van der Waals surface area contributed by atoms with Crippen molar-refractivity contribution < 1.29 is 4.74 Å². The van der Waals surface area contributed by atoms with Crippen LogP contribution in [0, 0.1) is 11.8 Å². The zero-order valence-corrected chi connectivity index (χ0v) is 9.54. The van der Waals surface area contributed by atoms with E-state index in [0.29, 0.717) is 0 Å². The highest BCUT2D eigenvalue weighted by Crippen LogP contribution is 2.34. The topological polar surface area (TPSA) is 12.5 Å². The van der Waals surface area contributed by atoms with Crippen molar-refractivity contribution in [1.82, 2.24) is 4.90 Å². The van der Waals surface area contributed by atoms with Crippen LogP contribution in [0.15, 0.2) is 0 Å². The van der Waals surface area contributed by atoms with Crippen LogP contribution in [0.4, 0.5) is 0 Å². The standard InChI is InChI=1S/C12H23NO/c1-10(2)11-3-4-12(9-11)13-5-7-14-8-6-13/h10-12H,3-9H2,1-2H3. The van der Waals surface area contributed by atoms with E-state index in [2.05, 4.69) is 18.7 Å². The first kappa shape index (κ1) is 10.4. The van der Waals surface area contributed by atoms with Crippen molar-refractivity contribution in [3.8, 4) is 0 Å². The second-order valence-electron chi connectivity index (χ2n) is 5.12. The Morgan fingerprint density at radius 1 is 1.14 bits per heavy atom. The molecule has 82 valence electrons. The minimum Gasteiger partial charge on any atom is -0.379 e. The fourth-order valence-corrected chi connectivity index (χ4v) is 2.87. The van der Waals surface area contributed by atoms with E-state index in [-0.39, 0.29) is 0 Å². The molecule has 2 atom stereocenters. The fourth-order valence-electron chi connectivity index (χ4n) is 2.87. The van der Waals surface area contributed by atoms with Gasteiger partial charge in [-0.15, -0.1) is 0 Å². The first-order valence-corrected chi connectivity index (χ1v) is 6.09. The van der Waals surface area contributed by atoms with Crippen LogP contribution in [0.25, 0.3) is 0 Å². The second-order valence-corrected chi connectivity index (χ2v) is 5.12. The number of nitrogens with zero attached hydrogens (tertiary/aromatic N) is 1. The van der Waals surface area contributed by atoms with Crippen LogP contribution >= 0.6 is 0 Å². The normalized spacial score (nSPS) is 35.4. The van der Waals surface area contributed by atoms with E-state index in [4.69, 9.17) is 4.74 Å². The Labute approximate surface area is 87.6 Å². The molecule has 0 aromatic rings. The summed E-state index contributed by atoms with van der Waals surface area (Å²) in [6.07, 6.45) is 4.29. The van der Waals surface area contributed by atoms with E-state index in [9.17, 15) is 0 Å². The second kappa shape index (κ2) is 4.63. The van der Waals surface area contributed by atoms with Crippen molar-refractivity contribution in [3.05, 3.63) is 0 Å². The smallest absolute Gasteiger partial charge is 0.0594 e. The monoisotopic (exact) mass is 197 g/mol. The van der Waals surface area contributed by atoms with E-state index in [1.165, 1.54) is 19.3 Å². The zero-order valence-electron chi connectivity index (χ0n) is 9.54. The molecule has 0 N–H and O–H groups in total. The third kappa shape index (κ3) is 2.29. The van der Waals surface area contributed by atoms with Crippen molar-refractivity contribution in [2.24, 2.45) is 11.8 Å². The molecule has 2 nitrogen and oxygen atoms in total. The van der Waals surface area contributed by atoms with E-state index in [1.54, 1.807) is 0 Å². The molecule has 1 saturated heterocycles. The Morgan fingerprint density at radius 3 is 2.43 bits per heavy atom. The molecule has 2 heteroatoms. The predicted octanol–water partition coefficient (Wildman–Crippen LogP) is 2.14. The lowest BCUT2D eigenvalue weighted by Gasteiger charge is -2.32. The first-order chi connectivity index (χ1) is 6.77. The summed E-state index contributed by atoms with van der Waals surface area (Å²) in [5.74, 6) is 1.85. The van der Waals surface area contributed by atoms with Crippen LogP contribution in [-0.4, -0.2) is 37.2 Å². The quantitative estimate of drug-likeness (QED) is 0.672. The van der Waals surface area contributed by atoms with Crippen LogP contribution in [0.3, 0.4) is 0 Å². The third-order valence-corrected chi connectivity index (χ3v) is 3.95. The minimum absolute atomic E-state index is 0.867. The average Bonchev–Trinajstić information content (AvgIpc) is 2.68. The molecule has 14 heavy (non-hydrogen) atoms. The summed E-state index contributed by atoms with van der Waals surface area (Å²) < 4.78 is 5.39. The molecule has 0 amide bonds. The van der Waals surface area contributed by atoms with Gasteiger partial charge in [0.15, 0.2) is 0 Å². The molecule has 0 bridgehead atoms. The third-order valence-electron chi connectivity index (χ3n) is 3.95. The molecule has 1 saturated carbocycles. The molecule has 0 aromatic heterocycles. The van der Waals surface area contributed by atoms with Gasteiger partial charge in [0.05, 0.1) is 13.2 Å². The van der Waals surface area contributed by atoms with Crippen molar-refractivity contribution in [2.45, 2.75) is 39.2 Å². The molecule has 2 rings (SSSR count). The van der Waals surface area contributed by atoms with Gasteiger partial charge in [0.2, 0.25) is 0 Å². The largest absolute Gasteiger partial charge is 0.379 e. The maximum Gasteiger partial charge on any atom is 0.0594 e. The van der Waals surface area contributed by atoms with Gasteiger partial charge < -0.3 is 4.74 Å². The summed E-state index contributed by atoms with van der Waals surface area (Å²) >= 11 is 0. The Balaban J connectivity index is 1.82. The Bertz CT molecular complexity index is 175. The van der Waals surface area contributed by atoms with Gasteiger partial charge in [-0.1, -0.05) is 13.8 Å². The molecular formula is C12H23NO. The fraction of sp³-hybridized carbons (Fsp3) is 1.00. The number of rotatable bonds is 2. The van der Waals surface area contributed by atoms with Gasteiger partial charge >= 0.3 is 0 Å². The van der Waals surface area contributed by atoms with Crippen molar-refractivity contribution in [1.29, 1.82) is 0 Å². The highest BCUT2D eigenvalue weighted by Gasteiger charge is 2.31. The van der Waals surface area contributed by atoms with Gasteiger partial charge in [0.1, 0.15) is 0 Å². The van der Waals surface area contributed by atoms with Gasteiger partial charge in [-0.05, 0) is 31.1 Å². The van der Waals surface area contributed by atoms with E-state index in [0.717, 1.165) is 44.2 Å². The van der Waals surface area contributed by atoms with Gasteiger partial charge in [-0.2, -0.15) is 0 Å². The van der Waals surface area contributed by atoms with E-state index in [1.807, 2.05) is 0 Å². The highest BCUT2D eigenvalue weighted by atomic mass is 16.5. The molecule has 0 aromatic carbocycles. The van der Waals surface area contributed by atoms with E-state index >= 15 is 0 Å². The summed E-state index contributed by atoms with van der Waals surface area (Å²) in [7, 11) is 0. The summed E-state index contributed by atoms with van der Waals surface area (Å²) in [6.45, 7) is 8.95. The van der Waals surface area contributed by atoms with Gasteiger partial charge in [0.25, 0.3) is 0 Å². The Morgan fingerprint density at radius 2 is 1.86 bits per heavy atom. The van der Waals surface area contributed by atoms with Crippen LogP contribution < -0.4 is 0 Å². The minimum atomic E-state index is 0.867. The molecule has 2 fully saturated rings. The molecule has 1 aliphatic heterocycles. The lowest BCUT2D eigenvalue weighted by Crippen LogP contribution is -2.42. The van der Waals surface area contributed by atoms with Crippen molar-refractivity contribution in [3.63, 3.8) is 0 Å². The molecule has 0 spiro atoms. The number of morpholine rings is 1. The Kier molecular flexibility index (Phi) is 3.45. The molecule has 2 unspecified atom stereocenters. The zero-order chi connectivity index (χ0) is 9.97. The van der Waals surface area contributed by atoms with Crippen molar-refractivity contribution in [2.75, 3.05) is 26.3 Å². The lowest BCUT2D eigenvalue weighted by atomic mass is 9.94. The van der Waals surface area contributed by atoms with Crippen LogP contribution in [0.5, 0.6) is 0 Å². The number of hydrogen-bond acceptors (Lipinski definition) is 2. The summed E-state index contributed by atoms with van der Waals surface area (Å²) in [5.41, 5.74) is 0. The average molecular weight is 197 g/mol. The predicted molar refractivity (Wildman–Crippen MR) is 58.4 cm³/mol. The first-order valence-electron chi connectivity index (χ1n) is 6.09. The van der Waals surface area contributed by atoms with E-state index < -0.39 is 0 Å². The van der Waals surface area contributed by atoms with Crippen LogP contribution in [-0.2, 0) is 4.74 Å². The lowest BCUT2D eigenvalue weighted by molar-refractivity contribution is 0.0168. The Hall–Kier alpha value is -0.0800. The molecule has 1 heterocycles. The molecular weight excluding hydrogens is 174 g/mol. The van der Waals surface area contributed by atoms with Crippen LogP contribution in [0.1, 0.15) is 33.1 Å².